The van der Waals surface area contributed by atoms with E-state index in [0.717, 1.165) is 56.4 Å². The van der Waals surface area contributed by atoms with Crippen molar-refractivity contribution in [2.24, 2.45) is 0 Å². The molecule has 45 heavy (non-hydrogen) atoms. The Bertz CT molecular complexity index is 1900. The fourth-order valence-electron chi connectivity index (χ4n) is 7.61. The fourth-order valence-corrected chi connectivity index (χ4v) is 8.89. The van der Waals surface area contributed by atoms with Gasteiger partial charge in [-0.3, -0.25) is 4.90 Å². The standard InChI is InChI=1S/C32H31ClF2N6O3S/c1-40-9-3-5-20(40)21-6-2-4-16-12-15(14-43-16)41-10-11-42-28-24-27(38-32(44-21)39-31(24)41)26(35)23(25(28)33)17-7-8-19(34)29-22(17)18(13-36)30(37)45-29/h7-8,15-16,20-21H,2-6,9-12,14,37H2,1H3. The van der Waals surface area contributed by atoms with Gasteiger partial charge in [0.2, 0.25) is 0 Å². The van der Waals surface area contributed by atoms with Crippen LogP contribution in [0.1, 0.15) is 44.1 Å². The Morgan fingerprint density at radius 3 is 2.80 bits per heavy atom. The average Bonchev–Trinajstić information content (AvgIpc) is 3.72. The Morgan fingerprint density at radius 1 is 1.13 bits per heavy atom. The Hall–Kier alpha value is -3.50. The second-order valence-corrected chi connectivity index (χ2v) is 13.7. The second kappa shape index (κ2) is 11.1. The van der Waals surface area contributed by atoms with Gasteiger partial charge in [0, 0.05) is 17.0 Å². The molecule has 0 radical (unpaired) electrons. The number of ether oxygens (including phenoxy) is 3. The number of anilines is 2. The number of fused-ring (bicyclic) bond motifs is 5. The molecule has 4 aliphatic rings. The molecule has 4 bridgehead atoms. The summed E-state index contributed by atoms with van der Waals surface area (Å²) in [5.41, 5.74) is 6.35. The van der Waals surface area contributed by atoms with Crippen LogP contribution in [0, 0.1) is 23.0 Å². The van der Waals surface area contributed by atoms with Crippen molar-refractivity contribution in [1.82, 2.24) is 14.9 Å². The van der Waals surface area contributed by atoms with Crippen LogP contribution in [0.5, 0.6) is 11.8 Å². The highest BCUT2D eigenvalue weighted by Gasteiger charge is 2.39. The number of nitrogen functional groups attached to an aromatic ring is 1. The molecule has 4 aromatic rings. The molecule has 4 unspecified atom stereocenters. The number of rotatable bonds is 2. The van der Waals surface area contributed by atoms with Crippen LogP contribution in [0.15, 0.2) is 12.1 Å². The van der Waals surface area contributed by atoms with Crippen molar-refractivity contribution < 1.29 is 23.0 Å². The molecule has 4 atom stereocenters. The minimum absolute atomic E-state index is 0.00550. The van der Waals surface area contributed by atoms with Gasteiger partial charge in [0.05, 0.1) is 46.0 Å². The Labute approximate surface area is 267 Å². The first kappa shape index (κ1) is 28.9. The van der Waals surface area contributed by atoms with Gasteiger partial charge >= 0.3 is 6.01 Å². The molecule has 2 fully saturated rings. The number of hydrogen-bond acceptors (Lipinski definition) is 10. The van der Waals surface area contributed by atoms with Crippen LogP contribution in [-0.4, -0.2) is 72.5 Å². The smallest absolute Gasteiger partial charge is 0.319 e. The quantitative estimate of drug-likeness (QED) is 0.268. The molecule has 0 amide bonds. The Balaban J connectivity index is 1.39. The molecular formula is C32H31ClF2N6O3S. The van der Waals surface area contributed by atoms with Gasteiger partial charge in [0.25, 0.3) is 0 Å². The van der Waals surface area contributed by atoms with Gasteiger partial charge in [0.15, 0.2) is 11.6 Å². The molecule has 2 aromatic heterocycles. The van der Waals surface area contributed by atoms with Crippen LogP contribution in [0.4, 0.5) is 19.6 Å². The largest absolute Gasteiger partial charge is 0.489 e. The molecule has 13 heteroatoms. The summed E-state index contributed by atoms with van der Waals surface area (Å²) in [5.74, 6) is -0.566. The first-order valence-electron chi connectivity index (χ1n) is 15.4. The van der Waals surface area contributed by atoms with Crippen molar-refractivity contribution in [3.05, 3.63) is 34.4 Å². The van der Waals surface area contributed by atoms with Crippen molar-refractivity contribution in [1.29, 1.82) is 5.26 Å². The monoisotopic (exact) mass is 652 g/mol. The van der Waals surface area contributed by atoms with Crippen LogP contribution < -0.4 is 20.1 Å². The average molecular weight is 653 g/mol. The zero-order chi connectivity index (χ0) is 31.0. The predicted octanol–water partition coefficient (Wildman–Crippen LogP) is 6.28. The minimum atomic E-state index is -0.735. The summed E-state index contributed by atoms with van der Waals surface area (Å²) in [4.78, 5) is 14.1. The number of likely N-dealkylation sites (N-methyl/N-ethyl adjacent to an activating group) is 1. The maximum atomic E-state index is 17.1. The number of nitrogens with zero attached hydrogens (tertiary/aromatic N) is 5. The SMILES string of the molecule is CN1CCCC1C1CCCC2CC(CO2)N2CCOc3c(Cl)c(-c4ccc(F)c5sc(N)c(C#N)c45)c(F)c4nc(nc2c34)O1. The third-order valence-electron chi connectivity index (χ3n) is 9.77. The zero-order valence-electron chi connectivity index (χ0n) is 24.6. The van der Waals surface area contributed by atoms with Crippen molar-refractivity contribution >= 4 is 54.7 Å². The molecule has 2 N–H and O–H groups in total. The van der Waals surface area contributed by atoms with Gasteiger partial charge in [-0.2, -0.15) is 15.2 Å². The molecule has 0 saturated carbocycles. The molecule has 2 aromatic carbocycles. The van der Waals surface area contributed by atoms with E-state index in [9.17, 15) is 9.65 Å². The topological polar surface area (TPSA) is 110 Å². The predicted molar refractivity (Wildman–Crippen MR) is 169 cm³/mol. The van der Waals surface area contributed by atoms with Gasteiger partial charge in [-0.1, -0.05) is 17.7 Å². The molecule has 2 saturated heterocycles. The molecule has 6 heterocycles. The summed E-state index contributed by atoms with van der Waals surface area (Å²) < 4.78 is 51.4. The zero-order valence-corrected chi connectivity index (χ0v) is 26.2. The second-order valence-electron chi connectivity index (χ2n) is 12.3. The lowest BCUT2D eigenvalue weighted by atomic mass is 9.96. The number of likely N-dealkylation sites (tertiary alicyclic amines) is 1. The van der Waals surface area contributed by atoms with E-state index in [0.29, 0.717) is 24.4 Å². The Morgan fingerprint density at radius 2 is 2.00 bits per heavy atom. The van der Waals surface area contributed by atoms with Crippen molar-refractivity contribution in [3.8, 4) is 29.0 Å². The van der Waals surface area contributed by atoms with Crippen molar-refractivity contribution in [2.45, 2.75) is 62.8 Å². The van der Waals surface area contributed by atoms with Crippen molar-refractivity contribution in [3.63, 3.8) is 0 Å². The highest BCUT2D eigenvalue weighted by Crippen LogP contribution is 2.51. The van der Waals surface area contributed by atoms with Gasteiger partial charge in [-0.25, -0.2) is 8.78 Å². The number of nitrogens with two attached hydrogens (primary N) is 1. The van der Waals surface area contributed by atoms with E-state index >= 15 is 4.39 Å². The minimum Gasteiger partial charge on any atom is -0.489 e. The number of aromatic nitrogens is 2. The number of hydrogen-bond donors (Lipinski definition) is 1. The molecule has 234 valence electrons. The highest BCUT2D eigenvalue weighted by atomic mass is 35.5. The molecule has 0 spiro atoms. The highest BCUT2D eigenvalue weighted by molar-refractivity contribution is 7.23. The van der Waals surface area contributed by atoms with E-state index in [-0.39, 0.29) is 85.0 Å². The fraction of sp³-hybridized carbons (Fsp3) is 0.469. The molecular weight excluding hydrogens is 622 g/mol. The lowest BCUT2D eigenvalue weighted by Gasteiger charge is -2.31. The first-order valence-corrected chi connectivity index (χ1v) is 16.5. The van der Waals surface area contributed by atoms with Crippen LogP contribution in [0.2, 0.25) is 5.02 Å². The Kier molecular flexibility index (Phi) is 7.13. The summed E-state index contributed by atoms with van der Waals surface area (Å²) in [6, 6.07) is 4.99. The molecule has 8 rings (SSSR count). The van der Waals surface area contributed by atoms with E-state index in [1.54, 1.807) is 0 Å². The molecule has 9 nitrogen and oxygen atoms in total. The van der Waals surface area contributed by atoms with Crippen LogP contribution in [0.25, 0.3) is 32.1 Å². The summed E-state index contributed by atoms with van der Waals surface area (Å²) in [5, 5.41) is 10.6. The molecule has 0 aliphatic carbocycles. The van der Waals surface area contributed by atoms with Crippen LogP contribution in [-0.2, 0) is 4.74 Å². The van der Waals surface area contributed by atoms with E-state index in [1.807, 2.05) is 0 Å². The third-order valence-corrected chi connectivity index (χ3v) is 11.2. The van der Waals surface area contributed by atoms with Crippen LogP contribution >= 0.6 is 22.9 Å². The van der Waals surface area contributed by atoms with Gasteiger partial charge in [0.1, 0.15) is 40.9 Å². The number of thiophene rings is 1. The van der Waals surface area contributed by atoms with Crippen LogP contribution in [0.3, 0.4) is 0 Å². The van der Waals surface area contributed by atoms with Gasteiger partial charge in [-0.05, 0) is 63.7 Å². The summed E-state index contributed by atoms with van der Waals surface area (Å²) >= 11 is 7.97. The summed E-state index contributed by atoms with van der Waals surface area (Å²) in [6.45, 7) is 2.24. The van der Waals surface area contributed by atoms with Gasteiger partial charge in [-0.15, -0.1) is 11.3 Å². The van der Waals surface area contributed by atoms with E-state index in [2.05, 4.69) is 22.9 Å². The van der Waals surface area contributed by atoms with E-state index < -0.39 is 11.6 Å². The number of halogens is 3. The summed E-state index contributed by atoms with van der Waals surface area (Å²) in [6.07, 6.45) is 5.49. The number of benzene rings is 2. The van der Waals surface area contributed by atoms with Gasteiger partial charge < -0.3 is 24.8 Å². The normalized spacial score (nSPS) is 25.1. The molecule has 4 aliphatic heterocycles. The van der Waals surface area contributed by atoms with E-state index in [4.69, 9.17) is 41.5 Å². The lowest BCUT2D eigenvalue weighted by Crippen LogP contribution is -2.41. The lowest BCUT2D eigenvalue weighted by molar-refractivity contribution is 0.0743. The first-order chi connectivity index (χ1) is 21.8. The maximum absolute atomic E-state index is 17.1. The van der Waals surface area contributed by atoms with Crippen molar-refractivity contribution in [2.75, 3.05) is 44.0 Å². The third kappa shape index (κ3) is 4.58. The maximum Gasteiger partial charge on any atom is 0.319 e. The number of nitriles is 1. The summed E-state index contributed by atoms with van der Waals surface area (Å²) in [7, 11) is 2.10. The van der Waals surface area contributed by atoms with E-state index in [1.165, 1.54) is 12.1 Å².